The normalized spacial score (nSPS) is 12.6. The fourth-order valence-electron chi connectivity index (χ4n) is 3.06. The van der Waals surface area contributed by atoms with Crippen LogP contribution in [0.5, 0.6) is 0 Å². The van der Waals surface area contributed by atoms with Crippen molar-refractivity contribution in [2.75, 3.05) is 0 Å². The molecule has 132 valence electrons. The monoisotopic (exact) mass is 358 g/mol. The van der Waals surface area contributed by atoms with E-state index in [0.717, 1.165) is 40.1 Å². The zero-order chi connectivity index (χ0) is 18.1. The smallest absolute Gasteiger partial charge is 0.154 e. The number of benzene rings is 1. The number of hydrogen-bond acceptors (Lipinski definition) is 3. The van der Waals surface area contributed by atoms with Gasteiger partial charge in [0.05, 0.1) is 11.8 Å². The number of aromatic nitrogens is 4. The van der Waals surface area contributed by atoms with Gasteiger partial charge in [0.15, 0.2) is 5.15 Å². The van der Waals surface area contributed by atoms with Crippen LogP contribution in [0.1, 0.15) is 42.2 Å². The van der Waals surface area contributed by atoms with Crippen LogP contribution in [0.3, 0.4) is 0 Å². The van der Waals surface area contributed by atoms with Crippen LogP contribution in [-0.4, -0.2) is 24.7 Å². The van der Waals surface area contributed by atoms with Crippen molar-refractivity contribution < 1.29 is 5.11 Å². The Kier molecular flexibility index (Phi) is 4.97. The van der Waals surface area contributed by atoms with Gasteiger partial charge >= 0.3 is 0 Å². The van der Waals surface area contributed by atoms with Crippen LogP contribution in [0.25, 0.3) is 11.3 Å². The summed E-state index contributed by atoms with van der Waals surface area (Å²) in [5.74, 6) is 0. The van der Waals surface area contributed by atoms with Gasteiger partial charge in [-0.15, -0.1) is 0 Å². The van der Waals surface area contributed by atoms with E-state index in [1.165, 1.54) is 0 Å². The molecule has 3 rings (SSSR count). The Morgan fingerprint density at radius 1 is 1.20 bits per heavy atom. The summed E-state index contributed by atoms with van der Waals surface area (Å²) in [5, 5.41) is 19.7. The van der Waals surface area contributed by atoms with E-state index in [1.54, 1.807) is 11.6 Å². The standard InChI is InChI=1S/C19H23ClN4O/c1-5-24-11-15(19(20)22-24)9-14-10-23(4)21-18(14)16-7-6-12(2)8-17(16)13(3)25/h6-8,10-11,13,25H,5,9H2,1-4H3/t13-/m1/s1. The van der Waals surface area contributed by atoms with E-state index >= 15 is 0 Å². The Bertz CT molecular complexity index is 895. The minimum absolute atomic E-state index is 0.524. The van der Waals surface area contributed by atoms with E-state index in [1.807, 2.05) is 56.2 Å². The third-order valence-electron chi connectivity index (χ3n) is 4.31. The average Bonchev–Trinajstić information content (AvgIpc) is 3.10. The third kappa shape index (κ3) is 3.62. The van der Waals surface area contributed by atoms with E-state index in [4.69, 9.17) is 11.6 Å². The highest BCUT2D eigenvalue weighted by Gasteiger charge is 2.18. The van der Waals surface area contributed by atoms with Gasteiger partial charge in [0.2, 0.25) is 0 Å². The van der Waals surface area contributed by atoms with E-state index in [-0.39, 0.29) is 0 Å². The zero-order valence-electron chi connectivity index (χ0n) is 15.0. The molecule has 0 fully saturated rings. The quantitative estimate of drug-likeness (QED) is 0.752. The lowest BCUT2D eigenvalue weighted by Gasteiger charge is -2.13. The second-order valence-electron chi connectivity index (χ2n) is 6.42. The largest absolute Gasteiger partial charge is 0.389 e. The SMILES string of the molecule is CCn1cc(Cc2cn(C)nc2-c2ccc(C)cc2[C@@H](C)O)c(Cl)n1. The van der Waals surface area contributed by atoms with Gasteiger partial charge in [0, 0.05) is 49.1 Å². The molecule has 25 heavy (non-hydrogen) atoms. The summed E-state index contributed by atoms with van der Waals surface area (Å²) in [6.45, 7) is 6.62. The lowest BCUT2D eigenvalue weighted by molar-refractivity contribution is 0.200. The van der Waals surface area contributed by atoms with Crippen molar-refractivity contribution in [1.82, 2.24) is 19.6 Å². The summed E-state index contributed by atoms with van der Waals surface area (Å²) in [6.07, 6.45) is 4.07. The lowest BCUT2D eigenvalue weighted by Crippen LogP contribution is -1.99. The van der Waals surface area contributed by atoms with Crippen molar-refractivity contribution in [3.05, 3.63) is 58.0 Å². The topological polar surface area (TPSA) is 55.9 Å². The predicted molar refractivity (Wildman–Crippen MR) is 99.7 cm³/mol. The molecular formula is C19H23ClN4O. The summed E-state index contributed by atoms with van der Waals surface area (Å²) >= 11 is 6.28. The van der Waals surface area contributed by atoms with Gasteiger partial charge in [-0.3, -0.25) is 9.36 Å². The highest BCUT2D eigenvalue weighted by Crippen LogP contribution is 2.32. The number of hydrogen-bond donors (Lipinski definition) is 1. The number of rotatable bonds is 5. The Morgan fingerprint density at radius 3 is 2.60 bits per heavy atom. The summed E-state index contributed by atoms with van der Waals surface area (Å²) in [6, 6.07) is 6.09. The van der Waals surface area contributed by atoms with Crippen LogP contribution < -0.4 is 0 Å². The van der Waals surface area contributed by atoms with Gasteiger partial charge in [-0.25, -0.2) is 0 Å². The first kappa shape index (κ1) is 17.7. The molecule has 0 amide bonds. The maximum atomic E-state index is 10.2. The maximum Gasteiger partial charge on any atom is 0.154 e. The van der Waals surface area contributed by atoms with Crippen LogP contribution in [0.15, 0.2) is 30.6 Å². The summed E-state index contributed by atoms with van der Waals surface area (Å²) in [5.41, 5.74) is 5.86. The molecule has 1 aromatic carbocycles. The molecule has 0 unspecified atom stereocenters. The average molecular weight is 359 g/mol. The molecule has 0 aliphatic rings. The van der Waals surface area contributed by atoms with Crippen LogP contribution in [0.4, 0.5) is 0 Å². The minimum atomic E-state index is -0.559. The van der Waals surface area contributed by atoms with Crippen molar-refractivity contribution in [2.45, 2.75) is 39.8 Å². The number of nitrogens with zero attached hydrogens (tertiary/aromatic N) is 4. The summed E-state index contributed by atoms with van der Waals surface area (Å²) in [7, 11) is 1.90. The van der Waals surface area contributed by atoms with Crippen LogP contribution in [-0.2, 0) is 20.0 Å². The molecular weight excluding hydrogens is 336 g/mol. The Balaban J connectivity index is 2.06. The summed E-state index contributed by atoms with van der Waals surface area (Å²) in [4.78, 5) is 0. The summed E-state index contributed by atoms with van der Waals surface area (Å²) < 4.78 is 3.63. The molecule has 0 saturated carbocycles. The van der Waals surface area contributed by atoms with Crippen LogP contribution in [0, 0.1) is 6.92 Å². The van der Waals surface area contributed by atoms with E-state index < -0.39 is 6.10 Å². The molecule has 3 aromatic rings. The Morgan fingerprint density at radius 2 is 1.96 bits per heavy atom. The first-order chi connectivity index (χ1) is 11.9. The van der Waals surface area contributed by atoms with Crippen molar-refractivity contribution in [2.24, 2.45) is 7.05 Å². The third-order valence-corrected chi connectivity index (χ3v) is 4.63. The fraction of sp³-hybridized carbons (Fsp3) is 0.368. The molecule has 0 saturated heterocycles. The highest BCUT2D eigenvalue weighted by atomic mass is 35.5. The predicted octanol–water partition coefficient (Wildman–Crippen LogP) is 3.91. The molecule has 0 aliphatic carbocycles. The first-order valence-electron chi connectivity index (χ1n) is 8.42. The molecule has 6 heteroatoms. The van der Waals surface area contributed by atoms with Gasteiger partial charge in [0.25, 0.3) is 0 Å². The molecule has 5 nitrogen and oxygen atoms in total. The van der Waals surface area contributed by atoms with E-state index in [9.17, 15) is 5.11 Å². The molecule has 0 bridgehead atoms. The molecule has 2 heterocycles. The second kappa shape index (κ2) is 7.02. The number of aliphatic hydroxyl groups is 1. The van der Waals surface area contributed by atoms with E-state index in [0.29, 0.717) is 11.6 Å². The molecule has 0 aliphatic heterocycles. The van der Waals surface area contributed by atoms with Gasteiger partial charge in [-0.1, -0.05) is 35.4 Å². The van der Waals surface area contributed by atoms with Crippen LogP contribution >= 0.6 is 11.6 Å². The van der Waals surface area contributed by atoms with Crippen molar-refractivity contribution in [1.29, 1.82) is 0 Å². The zero-order valence-corrected chi connectivity index (χ0v) is 15.7. The molecule has 0 spiro atoms. The first-order valence-corrected chi connectivity index (χ1v) is 8.80. The second-order valence-corrected chi connectivity index (χ2v) is 6.78. The Hall–Kier alpha value is -2.11. The number of halogens is 1. The highest BCUT2D eigenvalue weighted by molar-refractivity contribution is 6.30. The van der Waals surface area contributed by atoms with Gasteiger partial charge in [0.1, 0.15) is 0 Å². The molecule has 1 atom stereocenters. The molecule has 1 N–H and O–H groups in total. The van der Waals surface area contributed by atoms with Gasteiger partial charge < -0.3 is 5.11 Å². The van der Waals surface area contributed by atoms with Crippen LogP contribution in [0.2, 0.25) is 5.15 Å². The number of aryl methyl sites for hydroxylation is 3. The van der Waals surface area contributed by atoms with Crippen molar-refractivity contribution in [3.8, 4) is 11.3 Å². The Labute approximate surface area is 152 Å². The minimum Gasteiger partial charge on any atom is -0.389 e. The molecule has 0 radical (unpaired) electrons. The van der Waals surface area contributed by atoms with Crippen molar-refractivity contribution >= 4 is 11.6 Å². The van der Waals surface area contributed by atoms with E-state index in [2.05, 4.69) is 10.2 Å². The van der Waals surface area contributed by atoms with Gasteiger partial charge in [-0.05, 0) is 26.3 Å². The van der Waals surface area contributed by atoms with Crippen molar-refractivity contribution in [3.63, 3.8) is 0 Å². The van der Waals surface area contributed by atoms with Gasteiger partial charge in [-0.2, -0.15) is 10.2 Å². The fourth-order valence-corrected chi connectivity index (χ4v) is 3.27. The number of aliphatic hydroxyl groups excluding tert-OH is 1. The maximum absolute atomic E-state index is 10.2. The lowest BCUT2D eigenvalue weighted by atomic mass is 9.95. The molecule has 2 aromatic heterocycles.